The van der Waals surface area contributed by atoms with Gasteiger partial charge in [0.25, 0.3) is 0 Å². The lowest BCUT2D eigenvalue weighted by Crippen LogP contribution is -2.16. The van der Waals surface area contributed by atoms with Crippen LogP contribution in [0.5, 0.6) is 0 Å². The zero-order valence-electron chi connectivity index (χ0n) is 15.8. The zero-order chi connectivity index (χ0) is 18.6. The van der Waals surface area contributed by atoms with Crippen molar-refractivity contribution in [1.82, 2.24) is 0 Å². The van der Waals surface area contributed by atoms with Crippen LogP contribution in [0.1, 0.15) is 13.8 Å². The highest BCUT2D eigenvalue weighted by Gasteiger charge is 2.17. The summed E-state index contributed by atoms with van der Waals surface area (Å²) in [6.45, 7) is 4.16. The fourth-order valence-corrected chi connectivity index (χ4v) is 3.69. The first-order valence-electron chi connectivity index (χ1n) is 9.38. The van der Waals surface area contributed by atoms with Crippen molar-refractivity contribution >= 4 is 32.9 Å². The van der Waals surface area contributed by atoms with Crippen molar-refractivity contribution in [2.24, 2.45) is 0 Å². The zero-order valence-corrected chi connectivity index (χ0v) is 15.8. The lowest BCUT2D eigenvalue weighted by molar-refractivity contribution is 1.22. The molecule has 0 saturated heterocycles. The minimum Gasteiger partial charge on any atom is -0.310 e. The molecule has 4 aromatic rings. The molecule has 0 saturated carbocycles. The normalized spacial score (nSPS) is 12.1. The molecule has 132 valence electrons. The van der Waals surface area contributed by atoms with Crippen LogP contribution in [0.3, 0.4) is 0 Å². The topological polar surface area (TPSA) is 3.24 Å². The van der Waals surface area contributed by atoms with Crippen molar-refractivity contribution in [3.8, 4) is 0 Å². The molecule has 0 aliphatic rings. The third-order valence-electron chi connectivity index (χ3n) is 4.91. The van der Waals surface area contributed by atoms with Gasteiger partial charge in [0.15, 0.2) is 0 Å². The van der Waals surface area contributed by atoms with Crippen molar-refractivity contribution in [1.29, 1.82) is 0 Å². The van der Waals surface area contributed by atoms with E-state index in [0.29, 0.717) is 0 Å². The quantitative estimate of drug-likeness (QED) is 0.343. The molecule has 0 fully saturated rings. The summed E-state index contributed by atoms with van der Waals surface area (Å²) < 4.78 is 0. The maximum absolute atomic E-state index is 2.37. The summed E-state index contributed by atoms with van der Waals surface area (Å²) in [5.41, 5.74) is 3.54. The van der Waals surface area contributed by atoms with Gasteiger partial charge in [0.05, 0.1) is 11.4 Å². The van der Waals surface area contributed by atoms with E-state index in [1.165, 1.54) is 32.9 Å². The fraction of sp³-hybridized carbons (Fsp3) is 0.0769. The summed E-state index contributed by atoms with van der Waals surface area (Å²) in [6.07, 6.45) is 6.44. The molecule has 0 bridgehead atoms. The highest BCUT2D eigenvalue weighted by Crippen LogP contribution is 2.39. The lowest BCUT2D eigenvalue weighted by Gasteiger charge is -2.29. The van der Waals surface area contributed by atoms with Crippen LogP contribution in [0.2, 0.25) is 0 Å². The van der Waals surface area contributed by atoms with Gasteiger partial charge < -0.3 is 4.90 Å². The molecule has 0 aliphatic heterocycles. The second-order valence-electron chi connectivity index (χ2n) is 6.55. The summed E-state index contributed by atoms with van der Waals surface area (Å²) in [5.74, 6) is 0. The first-order valence-corrected chi connectivity index (χ1v) is 9.38. The first kappa shape index (κ1) is 17.1. The minimum absolute atomic E-state index is 1.16. The average molecular weight is 349 g/mol. The average Bonchev–Trinajstić information content (AvgIpc) is 2.73. The molecule has 1 heteroatoms. The number of allylic oxidation sites excluding steroid dienone is 3. The number of benzene rings is 4. The van der Waals surface area contributed by atoms with Crippen LogP contribution in [0.25, 0.3) is 21.5 Å². The Balaban J connectivity index is 2.06. The summed E-state index contributed by atoms with van der Waals surface area (Å²) in [5, 5.41) is 4.99. The van der Waals surface area contributed by atoms with E-state index in [2.05, 4.69) is 122 Å². The van der Waals surface area contributed by atoms with Crippen LogP contribution in [-0.2, 0) is 0 Å². The summed E-state index contributed by atoms with van der Waals surface area (Å²) in [6, 6.07) is 30.2. The van der Waals surface area contributed by atoms with E-state index in [-0.39, 0.29) is 0 Å². The van der Waals surface area contributed by atoms with Crippen molar-refractivity contribution in [3.05, 3.63) is 109 Å². The molecule has 0 aliphatic carbocycles. The molecule has 0 aromatic heterocycles. The van der Waals surface area contributed by atoms with Crippen molar-refractivity contribution in [2.75, 3.05) is 4.90 Å². The van der Waals surface area contributed by atoms with Crippen molar-refractivity contribution in [2.45, 2.75) is 13.8 Å². The summed E-state index contributed by atoms with van der Waals surface area (Å²) in [7, 11) is 0. The predicted octanol–water partition coefficient (Wildman–Crippen LogP) is 7.61. The molecule has 1 nitrogen and oxygen atoms in total. The SMILES string of the molecule is C/C=C\C(=C/C)N(c1cccc2ccccc12)c1cccc2ccccc12. The predicted molar refractivity (Wildman–Crippen MR) is 119 cm³/mol. The molecule has 0 amide bonds. The number of rotatable bonds is 4. The maximum Gasteiger partial charge on any atom is 0.0540 e. The van der Waals surface area contributed by atoms with Gasteiger partial charge in [0, 0.05) is 16.5 Å². The second kappa shape index (κ2) is 7.51. The Morgan fingerprint density at radius 1 is 0.630 bits per heavy atom. The van der Waals surface area contributed by atoms with Gasteiger partial charge in [-0.25, -0.2) is 0 Å². The minimum atomic E-state index is 1.16. The monoisotopic (exact) mass is 349 g/mol. The third kappa shape index (κ3) is 3.13. The number of hydrogen-bond donors (Lipinski definition) is 0. The van der Waals surface area contributed by atoms with Crippen LogP contribution >= 0.6 is 0 Å². The largest absolute Gasteiger partial charge is 0.310 e. The molecule has 4 rings (SSSR count). The number of fused-ring (bicyclic) bond motifs is 2. The Bertz CT molecular complexity index is 1060. The fourth-order valence-electron chi connectivity index (χ4n) is 3.69. The van der Waals surface area contributed by atoms with E-state index >= 15 is 0 Å². The molecule has 0 atom stereocenters. The Morgan fingerprint density at radius 3 is 1.59 bits per heavy atom. The van der Waals surface area contributed by atoms with Gasteiger partial charge in [-0.05, 0) is 42.8 Å². The van der Waals surface area contributed by atoms with Gasteiger partial charge in [0.2, 0.25) is 0 Å². The van der Waals surface area contributed by atoms with Crippen LogP contribution in [0, 0.1) is 0 Å². The van der Waals surface area contributed by atoms with Gasteiger partial charge in [-0.1, -0.05) is 84.9 Å². The maximum atomic E-state index is 2.37. The Kier molecular flexibility index (Phi) is 4.76. The molecule has 0 heterocycles. The van der Waals surface area contributed by atoms with E-state index in [9.17, 15) is 0 Å². The Labute approximate surface area is 160 Å². The van der Waals surface area contributed by atoms with E-state index in [4.69, 9.17) is 0 Å². The number of anilines is 2. The Morgan fingerprint density at radius 2 is 1.11 bits per heavy atom. The van der Waals surface area contributed by atoms with E-state index < -0.39 is 0 Å². The molecule has 0 spiro atoms. The van der Waals surface area contributed by atoms with Crippen molar-refractivity contribution in [3.63, 3.8) is 0 Å². The van der Waals surface area contributed by atoms with E-state index in [1.54, 1.807) is 0 Å². The molecule has 0 radical (unpaired) electrons. The third-order valence-corrected chi connectivity index (χ3v) is 4.91. The Hall–Kier alpha value is -3.32. The number of nitrogens with zero attached hydrogens (tertiary/aromatic N) is 1. The highest BCUT2D eigenvalue weighted by atomic mass is 15.1. The van der Waals surface area contributed by atoms with Crippen molar-refractivity contribution < 1.29 is 0 Å². The van der Waals surface area contributed by atoms with Crippen LogP contribution in [-0.4, -0.2) is 0 Å². The van der Waals surface area contributed by atoms with Gasteiger partial charge in [-0.3, -0.25) is 0 Å². The highest BCUT2D eigenvalue weighted by molar-refractivity contribution is 6.03. The second-order valence-corrected chi connectivity index (χ2v) is 6.55. The van der Waals surface area contributed by atoms with Gasteiger partial charge in [-0.15, -0.1) is 0 Å². The molecular formula is C26H23N. The molecular weight excluding hydrogens is 326 g/mol. The van der Waals surface area contributed by atoms with Crippen LogP contribution < -0.4 is 4.90 Å². The van der Waals surface area contributed by atoms with Gasteiger partial charge in [0.1, 0.15) is 0 Å². The van der Waals surface area contributed by atoms with E-state index in [0.717, 1.165) is 5.70 Å². The van der Waals surface area contributed by atoms with Gasteiger partial charge >= 0.3 is 0 Å². The molecule has 0 unspecified atom stereocenters. The lowest BCUT2D eigenvalue weighted by atomic mass is 10.0. The summed E-state index contributed by atoms with van der Waals surface area (Å²) in [4.78, 5) is 2.37. The van der Waals surface area contributed by atoms with Gasteiger partial charge in [-0.2, -0.15) is 0 Å². The van der Waals surface area contributed by atoms with E-state index in [1.807, 2.05) is 0 Å². The van der Waals surface area contributed by atoms with Crippen LogP contribution in [0.15, 0.2) is 109 Å². The number of hydrogen-bond acceptors (Lipinski definition) is 1. The van der Waals surface area contributed by atoms with Crippen LogP contribution in [0.4, 0.5) is 11.4 Å². The molecule has 27 heavy (non-hydrogen) atoms. The smallest absolute Gasteiger partial charge is 0.0540 e. The summed E-state index contributed by atoms with van der Waals surface area (Å²) >= 11 is 0. The first-order chi connectivity index (χ1) is 13.3. The molecule has 4 aromatic carbocycles. The standard InChI is InChI=1S/C26H23N/c1-3-11-22(4-2)27(25-18-9-14-20-12-5-7-16-23(20)25)26-19-10-15-21-13-6-8-17-24(21)26/h3-19H,1-2H3/b11-3-,22-4+. The molecule has 0 N–H and O–H groups in total.